The molecule has 0 spiro atoms. The van der Waals surface area contributed by atoms with E-state index in [1.54, 1.807) is 32.4 Å². The highest BCUT2D eigenvalue weighted by Gasteiger charge is 2.09. The fourth-order valence-electron chi connectivity index (χ4n) is 2.76. The summed E-state index contributed by atoms with van der Waals surface area (Å²) < 4.78 is 21.8. The molecule has 158 valence electrons. The molecule has 0 saturated heterocycles. The maximum atomic E-state index is 12.2. The molecule has 0 fully saturated rings. The Morgan fingerprint density at radius 1 is 0.862 bits per heavy atom. The van der Waals surface area contributed by atoms with Crippen molar-refractivity contribution in [3.05, 3.63) is 47.5 Å². The van der Waals surface area contributed by atoms with E-state index in [0.29, 0.717) is 43.4 Å². The lowest BCUT2D eigenvalue weighted by molar-refractivity contribution is -0.116. The highest BCUT2D eigenvalue weighted by Crippen LogP contribution is 2.30. The Morgan fingerprint density at radius 2 is 1.66 bits per heavy atom. The van der Waals surface area contributed by atoms with Gasteiger partial charge in [-0.15, -0.1) is 0 Å². The molecule has 6 heteroatoms. The second kappa shape index (κ2) is 12.0. The molecule has 6 nitrogen and oxygen atoms in total. The lowest BCUT2D eigenvalue weighted by Crippen LogP contribution is -2.12. The first kappa shape index (κ1) is 22.6. The molecule has 2 aromatic carbocycles. The first-order chi connectivity index (χ1) is 14.0. The van der Waals surface area contributed by atoms with Crippen molar-refractivity contribution in [2.75, 3.05) is 39.4 Å². The maximum Gasteiger partial charge on any atom is 0.224 e. The van der Waals surface area contributed by atoms with E-state index >= 15 is 0 Å². The van der Waals surface area contributed by atoms with Gasteiger partial charge in [0.15, 0.2) is 11.5 Å². The number of anilines is 1. The summed E-state index contributed by atoms with van der Waals surface area (Å²) in [7, 11) is 3.20. The van der Waals surface area contributed by atoms with E-state index in [9.17, 15) is 4.79 Å². The molecule has 0 unspecified atom stereocenters. The number of hydrogen-bond acceptors (Lipinski definition) is 5. The Labute approximate surface area is 173 Å². The molecule has 2 aromatic rings. The van der Waals surface area contributed by atoms with Crippen molar-refractivity contribution >= 4 is 11.6 Å². The predicted octanol–water partition coefficient (Wildman–Crippen LogP) is 4.53. The summed E-state index contributed by atoms with van der Waals surface area (Å²) in [6.07, 6.45) is 2.00. The maximum absolute atomic E-state index is 12.2. The highest BCUT2D eigenvalue weighted by molar-refractivity contribution is 5.91. The lowest BCUT2D eigenvalue weighted by Gasteiger charge is -2.13. The van der Waals surface area contributed by atoms with Gasteiger partial charge in [0.1, 0.15) is 12.4 Å². The first-order valence-electron chi connectivity index (χ1n) is 9.83. The van der Waals surface area contributed by atoms with Crippen LogP contribution in [0.4, 0.5) is 5.69 Å². The van der Waals surface area contributed by atoms with Crippen LogP contribution in [0, 0.1) is 13.8 Å². The summed E-state index contributed by atoms with van der Waals surface area (Å²) in [6, 6.07) is 11.5. The van der Waals surface area contributed by atoms with Crippen LogP contribution in [0.2, 0.25) is 0 Å². The second-order valence-corrected chi connectivity index (χ2v) is 6.83. The molecule has 0 aliphatic rings. The third-order valence-electron chi connectivity index (χ3n) is 4.39. The van der Waals surface area contributed by atoms with Crippen molar-refractivity contribution in [1.82, 2.24) is 0 Å². The highest BCUT2D eigenvalue weighted by atomic mass is 16.5. The third-order valence-corrected chi connectivity index (χ3v) is 4.39. The SMILES string of the molecule is COCCOc1cc(NC(=O)CCCCOc2cc(C)ccc2C)ccc1OC. The Bertz CT molecular complexity index is 791. The molecule has 0 atom stereocenters. The summed E-state index contributed by atoms with van der Waals surface area (Å²) >= 11 is 0. The summed E-state index contributed by atoms with van der Waals surface area (Å²) in [5, 5.41) is 2.90. The van der Waals surface area contributed by atoms with Gasteiger partial charge in [0, 0.05) is 25.3 Å². The van der Waals surface area contributed by atoms with Crippen molar-refractivity contribution in [2.24, 2.45) is 0 Å². The summed E-state index contributed by atoms with van der Waals surface area (Å²) in [4.78, 5) is 12.2. The fourth-order valence-corrected chi connectivity index (χ4v) is 2.76. The van der Waals surface area contributed by atoms with Crippen LogP contribution in [-0.4, -0.2) is 39.9 Å². The van der Waals surface area contributed by atoms with Gasteiger partial charge in [0.2, 0.25) is 5.91 Å². The average molecular weight is 402 g/mol. The van der Waals surface area contributed by atoms with E-state index < -0.39 is 0 Å². The fraction of sp³-hybridized carbons (Fsp3) is 0.435. The van der Waals surface area contributed by atoms with Gasteiger partial charge in [-0.2, -0.15) is 0 Å². The molecule has 0 aliphatic heterocycles. The molecule has 29 heavy (non-hydrogen) atoms. The molecule has 0 aromatic heterocycles. The van der Waals surface area contributed by atoms with Crippen LogP contribution in [0.15, 0.2) is 36.4 Å². The van der Waals surface area contributed by atoms with Crippen LogP contribution in [0.25, 0.3) is 0 Å². The van der Waals surface area contributed by atoms with Gasteiger partial charge in [0.05, 0.1) is 20.3 Å². The minimum Gasteiger partial charge on any atom is -0.493 e. The number of carbonyl (C=O) groups is 1. The number of unbranched alkanes of at least 4 members (excludes halogenated alkanes) is 1. The van der Waals surface area contributed by atoms with Crippen molar-refractivity contribution < 1.29 is 23.7 Å². The van der Waals surface area contributed by atoms with Gasteiger partial charge in [-0.3, -0.25) is 4.79 Å². The minimum absolute atomic E-state index is 0.0373. The molecule has 0 aliphatic carbocycles. The number of amides is 1. The monoisotopic (exact) mass is 401 g/mol. The van der Waals surface area contributed by atoms with Crippen LogP contribution in [0.5, 0.6) is 17.2 Å². The number of benzene rings is 2. The smallest absolute Gasteiger partial charge is 0.224 e. The zero-order valence-electron chi connectivity index (χ0n) is 17.7. The topological polar surface area (TPSA) is 66.0 Å². The number of aryl methyl sites for hydroxylation is 2. The standard InChI is InChI=1S/C23H31NO5/c1-17-8-9-18(2)21(15-17)28-12-6-5-7-23(25)24-19-10-11-20(27-4)22(16-19)29-14-13-26-3/h8-11,15-16H,5-7,12-14H2,1-4H3,(H,24,25). The van der Waals surface area contributed by atoms with E-state index in [1.807, 2.05) is 19.9 Å². The molecule has 0 bridgehead atoms. The molecule has 0 radical (unpaired) electrons. The number of ether oxygens (including phenoxy) is 4. The van der Waals surface area contributed by atoms with E-state index in [2.05, 4.69) is 17.4 Å². The van der Waals surface area contributed by atoms with Crippen LogP contribution in [-0.2, 0) is 9.53 Å². The van der Waals surface area contributed by atoms with Gasteiger partial charge in [-0.1, -0.05) is 12.1 Å². The molecule has 2 rings (SSSR count). The third kappa shape index (κ3) is 7.66. The lowest BCUT2D eigenvalue weighted by atomic mass is 10.1. The average Bonchev–Trinajstić information content (AvgIpc) is 2.70. The Hall–Kier alpha value is -2.73. The van der Waals surface area contributed by atoms with E-state index in [-0.39, 0.29) is 5.91 Å². The molecule has 0 heterocycles. The predicted molar refractivity (Wildman–Crippen MR) is 114 cm³/mol. The molecule has 1 amide bonds. The molecular weight excluding hydrogens is 370 g/mol. The largest absolute Gasteiger partial charge is 0.493 e. The molecular formula is C23H31NO5. The summed E-state index contributed by atoms with van der Waals surface area (Å²) in [5.41, 5.74) is 2.97. The van der Waals surface area contributed by atoms with Gasteiger partial charge >= 0.3 is 0 Å². The minimum atomic E-state index is -0.0373. The van der Waals surface area contributed by atoms with Crippen LogP contribution in [0.1, 0.15) is 30.4 Å². The Kier molecular flexibility index (Phi) is 9.31. The van der Waals surface area contributed by atoms with Crippen molar-refractivity contribution in [3.8, 4) is 17.2 Å². The van der Waals surface area contributed by atoms with Gasteiger partial charge in [-0.05, 0) is 56.0 Å². The van der Waals surface area contributed by atoms with Gasteiger partial charge < -0.3 is 24.3 Å². The van der Waals surface area contributed by atoms with E-state index in [4.69, 9.17) is 18.9 Å². The number of methoxy groups -OCH3 is 2. The van der Waals surface area contributed by atoms with Crippen LogP contribution >= 0.6 is 0 Å². The van der Waals surface area contributed by atoms with Crippen LogP contribution in [0.3, 0.4) is 0 Å². The number of hydrogen-bond donors (Lipinski definition) is 1. The zero-order valence-corrected chi connectivity index (χ0v) is 17.7. The molecule has 1 N–H and O–H groups in total. The number of nitrogens with one attached hydrogen (secondary N) is 1. The summed E-state index contributed by atoms with van der Waals surface area (Å²) in [6.45, 7) is 5.56. The van der Waals surface area contributed by atoms with E-state index in [0.717, 1.165) is 24.2 Å². The van der Waals surface area contributed by atoms with Gasteiger partial charge in [0.25, 0.3) is 0 Å². The van der Waals surface area contributed by atoms with Crippen molar-refractivity contribution in [1.29, 1.82) is 0 Å². The van der Waals surface area contributed by atoms with E-state index in [1.165, 1.54) is 5.56 Å². The first-order valence-corrected chi connectivity index (χ1v) is 9.83. The van der Waals surface area contributed by atoms with Crippen molar-refractivity contribution in [3.63, 3.8) is 0 Å². The molecule has 0 saturated carbocycles. The van der Waals surface area contributed by atoms with Crippen molar-refractivity contribution in [2.45, 2.75) is 33.1 Å². The normalized spacial score (nSPS) is 10.5. The quantitative estimate of drug-likeness (QED) is 0.530. The second-order valence-electron chi connectivity index (χ2n) is 6.83. The number of rotatable bonds is 12. The Morgan fingerprint density at radius 3 is 2.41 bits per heavy atom. The van der Waals surface area contributed by atoms with Gasteiger partial charge in [-0.25, -0.2) is 0 Å². The zero-order chi connectivity index (χ0) is 21.1. The Balaban J connectivity index is 1.75. The number of carbonyl (C=O) groups excluding carboxylic acids is 1. The summed E-state index contributed by atoms with van der Waals surface area (Å²) in [5.74, 6) is 2.06. The van der Waals surface area contributed by atoms with Crippen LogP contribution < -0.4 is 19.5 Å².